The summed E-state index contributed by atoms with van der Waals surface area (Å²) >= 11 is 0. The first-order valence-electron chi connectivity index (χ1n) is 18.2. The molecule has 246 valence electrons. The Labute approximate surface area is 261 Å². The average molecular weight is 590 g/mol. The number of amides is 1. The van der Waals surface area contributed by atoms with Gasteiger partial charge in [0.2, 0.25) is 5.91 Å². The number of aliphatic hydroxyl groups excluding tert-OH is 2. The van der Waals surface area contributed by atoms with Gasteiger partial charge in [0.1, 0.15) is 0 Å². The molecule has 2 atom stereocenters. The van der Waals surface area contributed by atoms with Crippen molar-refractivity contribution in [3.63, 3.8) is 0 Å². The second-order valence-electron chi connectivity index (χ2n) is 12.3. The van der Waals surface area contributed by atoms with Gasteiger partial charge in [0.15, 0.2) is 0 Å². The standard InChI is InChI=1S/C38H71NO3/c1-3-5-7-9-11-13-15-16-17-18-19-20-21-22-24-25-27-29-31-33-37(41)36(35-40)39-38(42)34-32-30-28-26-23-14-12-10-8-6-4-2/h19-20,24-25,31,33,36-37,40-41H,3-18,21-23,26-30,32,34-35H2,1-2H3,(H,39,42)/b20-19+,25-24+,33-31+. The number of hydrogen-bond donors (Lipinski definition) is 3. The van der Waals surface area contributed by atoms with Crippen LogP contribution in [0.25, 0.3) is 0 Å². The maximum absolute atomic E-state index is 12.3. The smallest absolute Gasteiger partial charge is 0.220 e. The molecule has 2 unspecified atom stereocenters. The number of unbranched alkanes of at least 4 members (excludes halogenated alkanes) is 21. The van der Waals surface area contributed by atoms with E-state index in [2.05, 4.69) is 43.5 Å². The normalized spacial score (nSPS) is 13.5. The first-order chi connectivity index (χ1) is 20.7. The minimum Gasteiger partial charge on any atom is -0.394 e. The van der Waals surface area contributed by atoms with E-state index >= 15 is 0 Å². The predicted octanol–water partition coefficient (Wildman–Crippen LogP) is 10.7. The fourth-order valence-corrected chi connectivity index (χ4v) is 5.27. The fraction of sp³-hybridized carbons (Fsp3) is 0.816. The number of allylic oxidation sites excluding steroid dienone is 5. The molecule has 0 aromatic rings. The lowest BCUT2D eigenvalue weighted by atomic mass is 10.0. The van der Waals surface area contributed by atoms with E-state index in [-0.39, 0.29) is 12.5 Å². The summed E-state index contributed by atoms with van der Waals surface area (Å²) < 4.78 is 0. The molecule has 0 aliphatic carbocycles. The lowest BCUT2D eigenvalue weighted by molar-refractivity contribution is -0.123. The molecule has 3 N–H and O–H groups in total. The molecular weight excluding hydrogens is 518 g/mol. The second-order valence-corrected chi connectivity index (χ2v) is 12.3. The molecule has 42 heavy (non-hydrogen) atoms. The monoisotopic (exact) mass is 590 g/mol. The Hall–Kier alpha value is -1.39. The maximum Gasteiger partial charge on any atom is 0.220 e. The third-order valence-corrected chi connectivity index (χ3v) is 8.10. The van der Waals surface area contributed by atoms with Crippen molar-refractivity contribution in [3.8, 4) is 0 Å². The molecule has 0 radical (unpaired) electrons. The Morgan fingerprint density at radius 3 is 1.38 bits per heavy atom. The molecule has 0 rings (SSSR count). The van der Waals surface area contributed by atoms with Crippen LogP contribution in [-0.2, 0) is 4.79 Å². The largest absolute Gasteiger partial charge is 0.394 e. The van der Waals surface area contributed by atoms with Gasteiger partial charge in [-0.25, -0.2) is 0 Å². The van der Waals surface area contributed by atoms with Crippen molar-refractivity contribution < 1.29 is 15.0 Å². The van der Waals surface area contributed by atoms with E-state index in [1.54, 1.807) is 6.08 Å². The van der Waals surface area contributed by atoms with Crippen LogP contribution in [0, 0.1) is 0 Å². The molecule has 0 aliphatic rings. The molecule has 1 amide bonds. The maximum atomic E-state index is 12.3. The second kappa shape index (κ2) is 34.1. The molecule has 4 nitrogen and oxygen atoms in total. The number of rotatable bonds is 32. The van der Waals surface area contributed by atoms with Crippen LogP contribution in [0.1, 0.15) is 181 Å². The minimum atomic E-state index is -0.865. The zero-order valence-corrected chi connectivity index (χ0v) is 28.0. The van der Waals surface area contributed by atoms with Crippen LogP contribution >= 0.6 is 0 Å². The summed E-state index contributed by atoms with van der Waals surface area (Å²) in [6.45, 7) is 4.27. The van der Waals surface area contributed by atoms with Gasteiger partial charge < -0.3 is 15.5 Å². The first-order valence-corrected chi connectivity index (χ1v) is 18.2. The Morgan fingerprint density at radius 2 is 0.929 bits per heavy atom. The van der Waals surface area contributed by atoms with Crippen LogP contribution in [0.3, 0.4) is 0 Å². The average Bonchev–Trinajstić information content (AvgIpc) is 2.99. The van der Waals surface area contributed by atoms with Crippen LogP contribution in [0.5, 0.6) is 0 Å². The van der Waals surface area contributed by atoms with Crippen molar-refractivity contribution in [1.82, 2.24) is 5.32 Å². The number of nitrogens with one attached hydrogen (secondary N) is 1. The predicted molar refractivity (Wildman–Crippen MR) is 184 cm³/mol. The lowest BCUT2D eigenvalue weighted by Gasteiger charge is -2.19. The summed E-state index contributed by atoms with van der Waals surface area (Å²) in [5.41, 5.74) is 0. The fourth-order valence-electron chi connectivity index (χ4n) is 5.27. The Bertz CT molecular complexity index is 642. The molecule has 0 saturated carbocycles. The van der Waals surface area contributed by atoms with E-state index in [1.807, 2.05) is 6.08 Å². The van der Waals surface area contributed by atoms with Crippen molar-refractivity contribution in [2.45, 2.75) is 193 Å². The SMILES string of the molecule is CCCCCCCCCCC/C=C/CC/C=C/CC/C=C/C(O)C(CO)NC(=O)CCCCCCCCCCCCC. The van der Waals surface area contributed by atoms with Crippen molar-refractivity contribution in [3.05, 3.63) is 36.5 Å². The highest BCUT2D eigenvalue weighted by Gasteiger charge is 2.17. The summed E-state index contributed by atoms with van der Waals surface area (Å²) in [5, 5.41) is 22.8. The Morgan fingerprint density at radius 1 is 0.548 bits per heavy atom. The van der Waals surface area contributed by atoms with E-state index < -0.39 is 12.1 Å². The molecule has 0 aliphatic heterocycles. The Balaban J connectivity index is 3.70. The quantitative estimate of drug-likeness (QED) is 0.0540. The van der Waals surface area contributed by atoms with E-state index in [9.17, 15) is 15.0 Å². The molecule has 0 saturated heterocycles. The van der Waals surface area contributed by atoms with Gasteiger partial charge in [-0.05, 0) is 44.9 Å². The van der Waals surface area contributed by atoms with Crippen LogP contribution in [0.2, 0.25) is 0 Å². The van der Waals surface area contributed by atoms with E-state index in [0.29, 0.717) is 6.42 Å². The van der Waals surface area contributed by atoms with Crippen molar-refractivity contribution >= 4 is 5.91 Å². The van der Waals surface area contributed by atoms with Gasteiger partial charge in [0.05, 0.1) is 18.8 Å². The molecule has 0 aromatic heterocycles. The third-order valence-electron chi connectivity index (χ3n) is 8.10. The van der Waals surface area contributed by atoms with Gasteiger partial charge in [-0.2, -0.15) is 0 Å². The summed E-state index contributed by atoms with van der Waals surface area (Å²) in [6.07, 6.45) is 43.7. The highest BCUT2D eigenvalue weighted by molar-refractivity contribution is 5.76. The summed E-state index contributed by atoms with van der Waals surface area (Å²) in [7, 11) is 0. The van der Waals surface area contributed by atoms with Gasteiger partial charge in [0.25, 0.3) is 0 Å². The lowest BCUT2D eigenvalue weighted by Crippen LogP contribution is -2.45. The van der Waals surface area contributed by atoms with Gasteiger partial charge in [-0.1, -0.05) is 166 Å². The van der Waals surface area contributed by atoms with Crippen molar-refractivity contribution in [2.75, 3.05) is 6.61 Å². The van der Waals surface area contributed by atoms with Gasteiger partial charge >= 0.3 is 0 Å². The van der Waals surface area contributed by atoms with E-state index in [1.165, 1.54) is 122 Å². The molecule has 0 heterocycles. The van der Waals surface area contributed by atoms with Gasteiger partial charge in [0, 0.05) is 6.42 Å². The molecule has 0 fully saturated rings. The van der Waals surface area contributed by atoms with E-state index in [4.69, 9.17) is 0 Å². The number of aliphatic hydroxyl groups is 2. The summed E-state index contributed by atoms with van der Waals surface area (Å²) in [6, 6.07) is -0.640. The summed E-state index contributed by atoms with van der Waals surface area (Å²) in [5.74, 6) is -0.0810. The summed E-state index contributed by atoms with van der Waals surface area (Å²) in [4.78, 5) is 12.3. The van der Waals surface area contributed by atoms with Crippen molar-refractivity contribution in [2.24, 2.45) is 0 Å². The van der Waals surface area contributed by atoms with Gasteiger partial charge in [-0.15, -0.1) is 0 Å². The van der Waals surface area contributed by atoms with Crippen LogP contribution in [-0.4, -0.2) is 34.9 Å². The highest BCUT2D eigenvalue weighted by Crippen LogP contribution is 2.13. The van der Waals surface area contributed by atoms with E-state index in [0.717, 1.165) is 38.5 Å². The number of carbonyl (C=O) groups is 1. The first kappa shape index (κ1) is 40.6. The zero-order valence-electron chi connectivity index (χ0n) is 28.0. The highest BCUT2D eigenvalue weighted by atomic mass is 16.3. The minimum absolute atomic E-state index is 0.0810. The Kier molecular flexibility index (Phi) is 33.0. The van der Waals surface area contributed by atoms with Crippen LogP contribution < -0.4 is 5.32 Å². The topological polar surface area (TPSA) is 69.6 Å². The molecule has 0 spiro atoms. The molecular formula is C38H71NO3. The molecule has 0 aromatic carbocycles. The molecule has 4 heteroatoms. The third kappa shape index (κ3) is 30.1. The number of hydrogen-bond acceptors (Lipinski definition) is 3. The van der Waals surface area contributed by atoms with Gasteiger partial charge in [-0.3, -0.25) is 4.79 Å². The van der Waals surface area contributed by atoms with Crippen LogP contribution in [0.4, 0.5) is 0 Å². The zero-order chi connectivity index (χ0) is 30.8. The number of carbonyl (C=O) groups excluding carboxylic acids is 1. The van der Waals surface area contributed by atoms with Crippen molar-refractivity contribution in [1.29, 1.82) is 0 Å². The molecule has 0 bridgehead atoms. The van der Waals surface area contributed by atoms with Crippen LogP contribution in [0.15, 0.2) is 36.5 Å².